The summed E-state index contributed by atoms with van der Waals surface area (Å²) in [6, 6.07) is 10.1. The van der Waals surface area contributed by atoms with Crippen molar-refractivity contribution in [2.75, 3.05) is 0 Å². The Bertz CT molecular complexity index is 906. The Kier molecular flexibility index (Phi) is 5.04. The van der Waals surface area contributed by atoms with Gasteiger partial charge in [0.05, 0.1) is 17.4 Å². The molecule has 0 bridgehead atoms. The van der Waals surface area contributed by atoms with Gasteiger partial charge >= 0.3 is 0 Å². The van der Waals surface area contributed by atoms with Crippen LogP contribution in [0.25, 0.3) is 11.0 Å². The fraction of sp³-hybridized carbons (Fsp3) is 0.300. The van der Waals surface area contributed by atoms with Crippen LogP contribution in [0.5, 0.6) is 0 Å². The molecule has 0 radical (unpaired) electrons. The summed E-state index contributed by atoms with van der Waals surface area (Å²) in [5.74, 6) is 0.214. The smallest absolute Gasteiger partial charge is 0.244 e. The molecule has 0 aliphatic carbocycles. The highest BCUT2D eigenvalue weighted by Gasteiger charge is 2.17. The molecule has 2 heterocycles. The van der Waals surface area contributed by atoms with Crippen molar-refractivity contribution < 1.29 is 4.79 Å². The predicted octanol–water partition coefficient (Wildman–Crippen LogP) is 4.54. The van der Waals surface area contributed by atoms with Gasteiger partial charge in [0.1, 0.15) is 0 Å². The summed E-state index contributed by atoms with van der Waals surface area (Å²) in [5.41, 5.74) is 3.00. The molecule has 0 saturated heterocycles. The minimum Gasteiger partial charge on any atom is -0.345 e. The van der Waals surface area contributed by atoms with E-state index in [4.69, 9.17) is 0 Å². The lowest BCUT2D eigenvalue weighted by atomic mass is 9.96. The van der Waals surface area contributed by atoms with E-state index in [9.17, 15) is 4.79 Å². The average Bonchev–Trinajstić information content (AvgIpc) is 3.06. The zero-order valence-corrected chi connectivity index (χ0v) is 15.8. The topological polar surface area (TPSA) is 46.4 Å². The van der Waals surface area contributed by atoms with Crippen LogP contribution in [0.15, 0.2) is 42.6 Å². The van der Waals surface area contributed by atoms with Gasteiger partial charge in [0.2, 0.25) is 5.91 Å². The van der Waals surface area contributed by atoms with Gasteiger partial charge < -0.3 is 5.32 Å². The number of imidazole rings is 1. The standard InChI is InChI=1S/C20H23N3OS/c1-13(2)19(16-8-6-5-7-9-16)22-18(24)11-10-17-15(4)21-20-23(17)12-14(3)25-20/h5-13,19H,1-4H3,(H,22,24)/b11-10+. The first-order valence-corrected chi connectivity index (χ1v) is 9.26. The largest absolute Gasteiger partial charge is 0.345 e. The van der Waals surface area contributed by atoms with Gasteiger partial charge in [0.15, 0.2) is 4.96 Å². The molecule has 1 N–H and O–H groups in total. The summed E-state index contributed by atoms with van der Waals surface area (Å²) in [4.78, 5) is 19.2. The highest BCUT2D eigenvalue weighted by molar-refractivity contribution is 7.17. The first kappa shape index (κ1) is 17.4. The normalized spacial score (nSPS) is 13.0. The first-order chi connectivity index (χ1) is 12.0. The van der Waals surface area contributed by atoms with E-state index in [0.29, 0.717) is 5.92 Å². The van der Waals surface area contributed by atoms with Crippen LogP contribution in [-0.4, -0.2) is 15.3 Å². The van der Waals surface area contributed by atoms with Gasteiger partial charge in [-0.25, -0.2) is 4.98 Å². The van der Waals surface area contributed by atoms with Crippen molar-refractivity contribution in [3.05, 3.63) is 64.4 Å². The second-order valence-corrected chi connectivity index (χ2v) is 7.76. The monoisotopic (exact) mass is 353 g/mol. The number of rotatable bonds is 5. The van der Waals surface area contributed by atoms with E-state index in [0.717, 1.165) is 21.9 Å². The third-order valence-electron chi connectivity index (χ3n) is 4.18. The Morgan fingerprint density at radius 1 is 1.24 bits per heavy atom. The summed E-state index contributed by atoms with van der Waals surface area (Å²) in [7, 11) is 0. The zero-order chi connectivity index (χ0) is 18.0. The molecule has 1 aromatic carbocycles. The number of carbonyl (C=O) groups is 1. The van der Waals surface area contributed by atoms with Crippen LogP contribution in [0.3, 0.4) is 0 Å². The number of amides is 1. The average molecular weight is 353 g/mol. The van der Waals surface area contributed by atoms with Gasteiger partial charge in [-0.3, -0.25) is 9.20 Å². The van der Waals surface area contributed by atoms with Crippen LogP contribution in [0.4, 0.5) is 0 Å². The van der Waals surface area contributed by atoms with E-state index in [1.165, 1.54) is 4.88 Å². The van der Waals surface area contributed by atoms with Crippen molar-refractivity contribution >= 4 is 28.3 Å². The lowest BCUT2D eigenvalue weighted by Crippen LogP contribution is -2.30. The van der Waals surface area contributed by atoms with Gasteiger partial charge in [-0.05, 0) is 31.4 Å². The van der Waals surface area contributed by atoms with Crippen LogP contribution in [0.1, 0.15) is 41.7 Å². The third-order valence-corrected chi connectivity index (χ3v) is 5.08. The lowest BCUT2D eigenvalue weighted by molar-refractivity contribution is -0.117. The molecule has 2 aromatic heterocycles. The molecule has 130 valence electrons. The third kappa shape index (κ3) is 3.82. The molecule has 3 aromatic rings. The van der Waals surface area contributed by atoms with Gasteiger partial charge in [0, 0.05) is 17.2 Å². The van der Waals surface area contributed by atoms with E-state index < -0.39 is 0 Å². The molecular formula is C20H23N3OS. The second kappa shape index (κ2) is 7.23. The van der Waals surface area contributed by atoms with Crippen LogP contribution in [-0.2, 0) is 4.79 Å². The Hall–Kier alpha value is -2.40. The van der Waals surface area contributed by atoms with Crippen LogP contribution < -0.4 is 5.32 Å². The van der Waals surface area contributed by atoms with Crippen molar-refractivity contribution in [1.82, 2.24) is 14.7 Å². The summed E-state index contributed by atoms with van der Waals surface area (Å²) < 4.78 is 2.04. The predicted molar refractivity (Wildman–Crippen MR) is 104 cm³/mol. The molecule has 1 atom stereocenters. The summed E-state index contributed by atoms with van der Waals surface area (Å²) in [6.45, 7) is 8.25. The zero-order valence-electron chi connectivity index (χ0n) is 15.0. The minimum atomic E-state index is -0.0937. The number of benzene rings is 1. The fourth-order valence-electron chi connectivity index (χ4n) is 2.93. The number of nitrogens with zero attached hydrogens (tertiary/aromatic N) is 2. The van der Waals surface area contributed by atoms with Crippen LogP contribution in [0, 0.1) is 19.8 Å². The number of hydrogen-bond acceptors (Lipinski definition) is 3. The SMILES string of the molecule is Cc1cn2c(/C=C/C(=O)NC(c3ccccc3)C(C)C)c(C)nc2s1. The number of fused-ring (bicyclic) bond motifs is 1. The van der Waals surface area contributed by atoms with E-state index in [2.05, 4.69) is 37.3 Å². The molecule has 0 fully saturated rings. The number of thiazole rings is 1. The van der Waals surface area contributed by atoms with Crippen molar-refractivity contribution in [3.8, 4) is 0 Å². The summed E-state index contributed by atoms with van der Waals surface area (Å²) in [5, 5.41) is 3.12. The quantitative estimate of drug-likeness (QED) is 0.685. The van der Waals surface area contributed by atoms with Gasteiger partial charge in [0.25, 0.3) is 0 Å². The van der Waals surface area contributed by atoms with E-state index in [-0.39, 0.29) is 11.9 Å². The van der Waals surface area contributed by atoms with Gasteiger partial charge in [-0.2, -0.15) is 0 Å². The summed E-state index contributed by atoms with van der Waals surface area (Å²) >= 11 is 1.65. The highest BCUT2D eigenvalue weighted by atomic mass is 32.1. The molecule has 1 unspecified atom stereocenters. The van der Waals surface area contributed by atoms with E-state index in [1.54, 1.807) is 17.4 Å². The maximum atomic E-state index is 12.5. The molecule has 0 saturated carbocycles. The Morgan fingerprint density at radius 3 is 2.64 bits per heavy atom. The van der Waals surface area contributed by atoms with Gasteiger partial charge in [-0.15, -0.1) is 11.3 Å². The van der Waals surface area contributed by atoms with Crippen molar-refractivity contribution in [2.45, 2.75) is 33.7 Å². The number of carbonyl (C=O) groups excluding carboxylic acids is 1. The first-order valence-electron chi connectivity index (χ1n) is 8.44. The van der Waals surface area contributed by atoms with Crippen molar-refractivity contribution in [3.63, 3.8) is 0 Å². The van der Waals surface area contributed by atoms with E-state index >= 15 is 0 Å². The van der Waals surface area contributed by atoms with Crippen LogP contribution in [0.2, 0.25) is 0 Å². The Balaban J connectivity index is 1.78. The Labute approximate surface area is 152 Å². The van der Waals surface area contributed by atoms with Crippen molar-refractivity contribution in [2.24, 2.45) is 5.92 Å². The van der Waals surface area contributed by atoms with E-state index in [1.807, 2.05) is 47.7 Å². The fourth-order valence-corrected chi connectivity index (χ4v) is 3.81. The molecular weight excluding hydrogens is 330 g/mol. The Morgan fingerprint density at radius 2 is 1.96 bits per heavy atom. The minimum absolute atomic E-state index is 0.00621. The van der Waals surface area contributed by atoms with Gasteiger partial charge in [-0.1, -0.05) is 44.2 Å². The molecule has 0 aliphatic rings. The second-order valence-electron chi connectivity index (χ2n) is 6.55. The lowest BCUT2D eigenvalue weighted by Gasteiger charge is -2.22. The molecule has 3 rings (SSSR count). The number of aromatic nitrogens is 2. The highest BCUT2D eigenvalue weighted by Crippen LogP contribution is 2.23. The number of nitrogens with one attached hydrogen (secondary N) is 1. The summed E-state index contributed by atoms with van der Waals surface area (Å²) in [6.07, 6.45) is 5.50. The molecule has 4 nitrogen and oxygen atoms in total. The maximum absolute atomic E-state index is 12.5. The molecule has 5 heteroatoms. The van der Waals surface area contributed by atoms with Crippen molar-refractivity contribution in [1.29, 1.82) is 0 Å². The maximum Gasteiger partial charge on any atom is 0.244 e. The molecule has 1 amide bonds. The molecule has 0 aliphatic heterocycles. The molecule has 25 heavy (non-hydrogen) atoms. The van der Waals surface area contributed by atoms with Crippen LogP contribution >= 0.6 is 11.3 Å². The molecule has 0 spiro atoms. The number of aryl methyl sites for hydroxylation is 2. The number of hydrogen-bond donors (Lipinski definition) is 1.